The number of anilines is 4. The lowest BCUT2D eigenvalue weighted by Gasteiger charge is -2.36. The molecule has 11 heteroatoms. The Morgan fingerprint density at radius 3 is 2.19 bits per heavy atom. The van der Waals surface area contributed by atoms with E-state index in [2.05, 4.69) is 20.2 Å². The Bertz CT molecular complexity index is 1090. The quantitative estimate of drug-likeness (QED) is 0.425. The maximum Gasteiger partial charge on any atom is 0.353 e. The molecular formula is C20H17Cl2FN6O2. The van der Waals surface area contributed by atoms with E-state index in [-0.39, 0.29) is 23.1 Å². The van der Waals surface area contributed by atoms with Gasteiger partial charge in [0.15, 0.2) is 0 Å². The third-order valence-electron chi connectivity index (χ3n) is 4.88. The Balaban J connectivity index is 1.57. The number of hydrogen-bond acceptors (Lipinski definition) is 7. The molecule has 160 valence electrons. The SMILES string of the molecule is O=[N+]([O-])c1c(Nc2cc(Cl)cc(Cl)c2)ncnc1N1CCN(c2ccc(F)cc2)CC1. The van der Waals surface area contributed by atoms with Crippen molar-refractivity contribution in [3.8, 4) is 0 Å². The van der Waals surface area contributed by atoms with Crippen molar-refractivity contribution >= 4 is 51.9 Å². The molecule has 31 heavy (non-hydrogen) atoms. The molecule has 0 unspecified atom stereocenters. The van der Waals surface area contributed by atoms with Crippen molar-refractivity contribution in [3.05, 3.63) is 74.8 Å². The fraction of sp³-hybridized carbons (Fsp3) is 0.200. The smallest absolute Gasteiger partial charge is 0.353 e. The van der Waals surface area contributed by atoms with Gasteiger partial charge >= 0.3 is 5.69 Å². The van der Waals surface area contributed by atoms with E-state index in [0.717, 1.165) is 5.69 Å². The average Bonchev–Trinajstić information content (AvgIpc) is 2.73. The molecule has 0 radical (unpaired) electrons. The van der Waals surface area contributed by atoms with E-state index in [1.165, 1.54) is 18.5 Å². The summed E-state index contributed by atoms with van der Waals surface area (Å²) in [6, 6.07) is 11.0. The summed E-state index contributed by atoms with van der Waals surface area (Å²) in [5.74, 6) is -0.0105. The predicted molar refractivity (Wildman–Crippen MR) is 119 cm³/mol. The van der Waals surface area contributed by atoms with Crippen molar-refractivity contribution in [2.45, 2.75) is 0 Å². The molecule has 0 amide bonds. The Hall–Kier alpha value is -3.17. The summed E-state index contributed by atoms with van der Waals surface area (Å²) in [4.78, 5) is 23.6. The van der Waals surface area contributed by atoms with Crippen LogP contribution in [0.5, 0.6) is 0 Å². The van der Waals surface area contributed by atoms with Crippen LogP contribution in [0.1, 0.15) is 0 Å². The number of rotatable bonds is 5. The van der Waals surface area contributed by atoms with Crippen LogP contribution in [0.15, 0.2) is 48.8 Å². The van der Waals surface area contributed by atoms with Gasteiger partial charge < -0.3 is 15.1 Å². The number of piperazine rings is 1. The lowest BCUT2D eigenvalue weighted by Crippen LogP contribution is -2.47. The van der Waals surface area contributed by atoms with Gasteiger partial charge in [-0.05, 0) is 42.5 Å². The van der Waals surface area contributed by atoms with Gasteiger partial charge in [0.1, 0.15) is 12.1 Å². The molecule has 1 aliphatic heterocycles. The normalized spacial score (nSPS) is 13.9. The summed E-state index contributed by atoms with van der Waals surface area (Å²) in [7, 11) is 0. The molecule has 0 saturated carbocycles. The molecule has 4 rings (SSSR count). The van der Waals surface area contributed by atoms with E-state index in [1.54, 1.807) is 30.3 Å². The van der Waals surface area contributed by atoms with Gasteiger partial charge in [0.05, 0.1) is 4.92 Å². The molecule has 0 bridgehead atoms. The predicted octanol–water partition coefficient (Wildman–Crippen LogP) is 4.90. The van der Waals surface area contributed by atoms with Gasteiger partial charge in [-0.15, -0.1) is 0 Å². The highest BCUT2D eigenvalue weighted by molar-refractivity contribution is 6.35. The molecule has 1 aliphatic rings. The maximum absolute atomic E-state index is 13.2. The zero-order valence-electron chi connectivity index (χ0n) is 16.1. The minimum absolute atomic E-state index is 0.0503. The summed E-state index contributed by atoms with van der Waals surface area (Å²) in [5.41, 5.74) is 1.15. The number of benzene rings is 2. The van der Waals surface area contributed by atoms with Crippen molar-refractivity contribution < 1.29 is 9.31 Å². The minimum Gasteiger partial charge on any atom is -0.368 e. The average molecular weight is 463 g/mol. The van der Waals surface area contributed by atoms with Gasteiger partial charge in [0.2, 0.25) is 11.6 Å². The molecule has 0 atom stereocenters. The largest absolute Gasteiger partial charge is 0.368 e. The van der Waals surface area contributed by atoms with Gasteiger partial charge in [-0.3, -0.25) is 10.1 Å². The lowest BCUT2D eigenvalue weighted by atomic mass is 10.2. The lowest BCUT2D eigenvalue weighted by molar-refractivity contribution is -0.383. The Morgan fingerprint density at radius 1 is 0.968 bits per heavy atom. The Kier molecular flexibility index (Phi) is 6.06. The van der Waals surface area contributed by atoms with E-state index in [9.17, 15) is 14.5 Å². The highest BCUT2D eigenvalue weighted by Gasteiger charge is 2.29. The van der Waals surface area contributed by atoms with Crippen molar-refractivity contribution in [1.82, 2.24) is 9.97 Å². The second kappa shape index (κ2) is 8.91. The van der Waals surface area contributed by atoms with Crippen LogP contribution in [0.2, 0.25) is 10.0 Å². The number of nitro groups is 1. The molecular weight excluding hydrogens is 446 g/mol. The Morgan fingerprint density at radius 2 is 1.58 bits per heavy atom. The fourth-order valence-corrected chi connectivity index (χ4v) is 3.98. The first-order chi connectivity index (χ1) is 14.9. The second-order valence-electron chi connectivity index (χ2n) is 6.89. The van der Waals surface area contributed by atoms with Crippen molar-refractivity contribution in [2.75, 3.05) is 41.3 Å². The summed E-state index contributed by atoms with van der Waals surface area (Å²) in [6.45, 7) is 2.24. The van der Waals surface area contributed by atoms with Crippen molar-refractivity contribution in [2.24, 2.45) is 0 Å². The number of nitrogens with zero attached hydrogens (tertiary/aromatic N) is 5. The number of halogens is 3. The maximum atomic E-state index is 13.2. The van der Waals surface area contributed by atoms with Crippen molar-refractivity contribution in [3.63, 3.8) is 0 Å². The number of hydrogen-bond donors (Lipinski definition) is 1. The summed E-state index contributed by atoms with van der Waals surface area (Å²) < 4.78 is 13.2. The van der Waals surface area contributed by atoms with Crippen LogP contribution in [0.25, 0.3) is 0 Å². The molecule has 1 aromatic heterocycles. The van der Waals surface area contributed by atoms with Gasteiger partial charge in [-0.1, -0.05) is 23.2 Å². The summed E-state index contributed by atoms with van der Waals surface area (Å²) in [6.07, 6.45) is 1.28. The van der Waals surface area contributed by atoms with E-state index >= 15 is 0 Å². The molecule has 2 aromatic carbocycles. The first-order valence-electron chi connectivity index (χ1n) is 9.38. The molecule has 8 nitrogen and oxygen atoms in total. The van der Waals surface area contributed by atoms with Crippen LogP contribution in [0.3, 0.4) is 0 Å². The first kappa shape index (κ1) is 21.1. The van der Waals surface area contributed by atoms with Crippen LogP contribution in [0, 0.1) is 15.9 Å². The summed E-state index contributed by atoms with van der Waals surface area (Å²) in [5, 5.41) is 15.6. The number of aromatic nitrogens is 2. The van der Waals surface area contributed by atoms with Crippen LogP contribution < -0.4 is 15.1 Å². The van der Waals surface area contributed by atoms with Crippen LogP contribution in [0.4, 0.5) is 33.1 Å². The van der Waals surface area contributed by atoms with Gasteiger partial charge in [-0.25, -0.2) is 14.4 Å². The molecule has 1 N–H and O–H groups in total. The zero-order valence-corrected chi connectivity index (χ0v) is 17.6. The topological polar surface area (TPSA) is 87.4 Å². The van der Waals surface area contributed by atoms with Crippen LogP contribution in [-0.2, 0) is 0 Å². The van der Waals surface area contributed by atoms with E-state index in [4.69, 9.17) is 23.2 Å². The first-order valence-corrected chi connectivity index (χ1v) is 10.1. The zero-order chi connectivity index (χ0) is 22.0. The third-order valence-corrected chi connectivity index (χ3v) is 5.32. The molecule has 1 saturated heterocycles. The van der Waals surface area contributed by atoms with Gasteiger partial charge in [-0.2, -0.15) is 0 Å². The number of nitrogens with one attached hydrogen (secondary N) is 1. The highest BCUT2D eigenvalue weighted by atomic mass is 35.5. The molecule has 1 fully saturated rings. The van der Waals surface area contributed by atoms with Gasteiger partial charge in [0.25, 0.3) is 0 Å². The highest BCUT2D eigenvalue weighted by Crippen LogP contribution is 2.35. The molecule has 3 aromatic rings. The molecule has 0 spiro atoms. The Labute approximate surface area is 187 Å². The van der Waals surface area contributed by atoms with E-state index in [0.29, 0.717) is 41.9 Å². The summed E-state index contributed by atoms with van der Waals surface area (Å²) >= 11 is 12.0. The molecule has 0 aliphatic carbocycles. The third kappa shape index (κ3) is 4.78. The van der Waals surface area contributed by atoms with E-state index in [1.807, 2.05) is 4.90 Å². The van der Waals surface area contributed by atoms with E-state index < -0.39 is 4.92 Å². The minimum atomic E-state index is -0.504. The molecule has 2 heterocycles. The second-order valence-corrected chi connectivity index (χ2v) is 7.76. The fourth-order valence-electron chi connectivity index (χ4n) is 3.45. The van der Waals surface area contributed by atoms with Crippen molar-refractivity contribution in [1.29, 1.82) is 0 Å². The van der Waals surface area contributed by atoms with Crippen LogP contribution in [-0.4, -0.2) is 41.1 Å². The van der Waals surface area contributed by atoms with Crippen LogP contribution >= 0.6 is 23.2 Å². The monoisotopic (exact) mass is 462 g/mol. The van der Waals surface area contributed by atoms with Gasteiger partial charge in [0, 0.05) is 47.6 Å². The standard InChI is InChI=1S/C20H17Cl2FN6O2/c21-13-9-14(22)11-16(10-13)26-19-18(29(30)31)20(25-12-24-19)28-7-5-27(6-8-28)17-3-1-15(23)2-4-17/h1-4,9-12H,5-8H2,(H,24,25,26).